The number of hydrogen-bond acceptors (Lipinski definition) is 4. The fourth-order valence-corrected chi connectivity index (χ4v) is 6.36. The zero-order valence-corrected chi connectivity index (χ0v) is 25.6. The Morgan fingerprint density at radius 1 is 0.762 bits per heavy atom. The van der Waals surface area contributed by atoms with Gasteiger partial charge >= 0.3 is 0 Å². The first-order valence-corrected chi connectivity index (χ1v) is 15.7. The van der Waals surface area contributed by atoms with Crippen molar-refractivity contribution < 1.29 is 9.59 Å². The van der Waals surface area contributed by atoms with Crippen LogP contribution in [-0.2, 0) is 17.8 Å². The number of benzene rings is 3. The first-order valence-electron chi connectivity index (χ1n) is 15.7. The lowest BCUT2D eigenvalue weighted by Crippen LogP contribution is -2.40. The molecule has 0 aliphatic carbocycles. The summed E-state index contributed by atoms with van der Waals surface area (Å²) < 4.78 is 0. The largest absolute Gasteiger partial charge is 0.371 e. The SMILES string of the molecule is Cc1ccc(C(=O)N2CCN(CC(C)C)CCCN(C(=O)Cc3ccccc3)c3ccccc3C2)cc1N1CCCC1. The predicted molar refractivity (Wildman–Crippen MR) is 172 cm³/mol. The molecule has 0 aromatic heterocycles. The number of anilines is 2. The molecule has 2 heterocycles. The van der Waals surface area contributed by atoms with Crippen molar-refractivity contribution in [3.8, 4) is 0 Å². The van der Waals surface area contributed by atoms with E-state index in [1.54, 1.807) is 0 Å². The van der Waals surface area contributed by atoms with E-state index >= 15 is 0 Å². The number of rotatable bonds is 6. The Kier molecular flexibility index (Phi) is 9.96. The van der Waals surface area contributed by atoms with E-state index in [0.717, 1.165) is 61.5 Å². The van der Waals surface area contributed by atoms with Crippen LogP contribution in [0.1, 0.15) is 60.2 Å². The molecule has 0 spiro atoms. The standard InChI is InChI=1S/C36H46N4O2/c1-28(2)26-37-18-11-21-40(35(41)24-30-12-5-4-6-13-30)33-15-8-7-14-32(33)27-39(23-22-37)36(42)31-17-16-29(3)34(25-31)38-19-9-10-20-38/h4-8,12-17,25,28H,9-11,18-24,26-27H2,1-3H3. The third-order valence-corrected chi connectivity index (χ3v) is 8.50. The lowest BCUT2D eigenvalue weighted by Gasteiger charge is -2.29. The van der Waals surface area contributed by atoms with E-state index in [1.807, 2.05) is 64.4 Å². The molecule has 6 nitrogen and oxygen atoms in total. The van der Waals surface area contributed by atoms with Crippen LogP contribution in [0.4, 0.5) is 11.4 Å². The molecule has 3 aromatic rings. The van der Waals surface area contributed by atoms with Gasteiger partial charge in [-0.1, -0.05) is 68.4 Å². The van der Waals surface area contributed by atoms with Gasteiger partial charge in [-0.25, -0.2) is 0 Å². The molecule has 1 saturated heterocycles. The molecule has 2 amide bonds. The summed E-state index contributed by atoms with van der Waals surface area (Å²) in [5.41, 5.74) is 6.07. The zero-order valence-electron chi connectivity index (χ0n) is 25.6. The second kappa shape index (κ2) is 14.0. The predicted octanol–water partition coefficient (Wildman–Crippen LogP) is 6.18. The highest BCUT2D eigenvalue weighted by molar-refractivity contribution is 5.97. The Balaban J connectivity index is 1.47. The number of amides is 2. The average molecular weight is 567 g/mol. The van der Waals surface area contributed by atoms with Crippen molar-refractivity contribution in [2.24, 2.45) is 5.92 Å². The minimum atomic E-state index is 0.0520. The Bertz CT molecular complexity index is 1350. The molecule has 0 bridgehead atoms. The fraction of sp³-hybridized carbons (Fsp3) is 0.444. The van der Waals surface area contributed by atoms with E-state index in [-0.39, 0.29) is 11.8 Å². The molecular formula is C36H46N4O2. The van der Waals surface area contributed by atoms with Crippen LogP contribution in [0.5, 0.6) is 0 Å². The van der Waals surface area contributed by atoms with Crippen LogP contribution in [0.2, 0.25) is 0 Å². The maximum Gasteiger partial charge on any atom is 0.254 e. The van der Waals surface area contributed by atoms with E-state index in [0.29, 0.717) is 32.0 Å². The minimum absolute atomic E-state index is 0.0520. The van der Waals surface area contributed by atoms with Crippen molar-refractivity contribution in [1.29, 1.82) is 0 Å². The first kappa shape index (κ1) is 29.8. The third kappa shape index (κ3) is 7.40. The van der Waals surface area contributed by atoms with E-state index in [1.165, 1.54) is 24.1 Å². The fourth-order valence-electron chi connectivity index (χ4n) is 6.36. The maximum atomic E-state index is 14.2. The maximum absolute atomic E-state index is 14.2. The van der Waals surface area contributed by atoms with Gasteiger partial charge in [-0.3, -0.25) is 9.59 Å². The number of fused-ring (bicyclic) bond motifs is 1. The molecule has 2 aliphatic rings. The van der Waals surface area contributed by atoms with E-state index in [2.05, 4.69) is 48.8 Å². The second-order valence-corrected chi connectivity index (χ2v) is 12.3. The lowest BCUT2D eigenvalue weighted by molar-refractivity contribution is -0.118. The van der Waals surface area contributed by atoms with Crippen molar-refractivity contribution >= 4 is 23.2 Å². The molecule has 0 atom stereocenters. The van der Waals surface area contributed by atoms with Gasteiger partial charge in [0.15, 0.2) is 0 Å². The summed E-state index contributed by atoms with van der Waals surface area (Å²) >= 11 is 0. The quantitative estimate of drug-likeness (QED) is 0.358. The Morgan fingerprint density at radius 2 is 1.50 bits per heavy atom. The molecule has 0 radical (unpaired) electrons. The van der Waals surface area contributed by atoms with Gasteiger partial charge in [0, 0.05) is 62.8 Å². The average Bonchev–Trinajstić information content (AvgIpc) is 3.51. The van der Waals surface area contributed by atoms with Gasteiger partial charge in [-0.2, -0.15) is 0 Å². The number of hydrogen-bond donors (Lipinski definition) is 0. The van der Waals surface area contributed by atoms with Gasteiger partial charge in [-0.15, -0.1) is 0 Å². The Labute approximate surface area is 251 Å². The van der Waals surface area contributed by atoms with Crippen molar-refractivity contribution in [2.75, 3.05) is 55.6 Å². The van der Waals surface area contributed by atoms with Gasteiger partial charge in [0.05, 0.1) is 6.42 Å². The van der Waals surface area contributed by atoms with Gasteiger partial charge in [0.2, 0.25) is 5.91 Å². The summed E-state index contributed by atoms with van der Waals surface area (Å²) in [7, 11) is 0. The second-order valence-electron chi connectivity index (χ2n) is 12.3. The van der Waals surface area contributed by atoms with Crippen LogP contribution < -0.4 is 9.80 Å². The van der Waals surface area contributed by atoms with E-state index in [9.17, 15) is 9.59 Å². The molecule has 42 heavy (non-hydrogen) atoms. The highest BCUT2D eigenvalue weighted by atomic mass is 16.2. The van der Waals surface area contributed by atoms with Gasteiger partial charge in [0.25, 0.3) is 5.91 Å². The highest BCUT2D eigenvalue weighted by Crippen LogP contribution is 2.28. The van der Waals surface area contributed by atoms with E-state index in [4.69, 9.17) is 0 Å². The molecule has 5 rings (SSSR count). The Morgan fingerprint density at radius 3 is 2.26 bits per heavy atom. The first-order chi connectivity index (χ1) is 20.4. The molecule has 2 aliphatic heterocycles. The smallest absolute Gasteiger partial charge is 0.254 e. The van der Waals surface area contributed by atoms with Crippen LogP contribution in [-0.4, -0.2) is 67.4 Å². The molecule has 3 aromatic carbocycles. The van der Waals surface area contributed by atoms with Crippen molar-refractivity contribution in [3.05, 3.63) is 95.1 Å². The summed E-state index contributed by atoms with van der Waals surface area (Å²) in [6, 6.07) is 24.3. The minimum Gasteiger partial charge on any atom is -0.371 e. The summed E-state index contributed by atoms with van der Waals surface area (Å²) in [6.07, 6.45) is 3.64. The van der Waals surface area contributed by atoms with Crippen molar-refractivity contribution in [1.82, 2.24) is 9.80 Å². The lowest BCUT2D eigenvalue weighted by atomic mass is 10.1. The normalized spacial score (nSPS) is 16.8. The molecular weight excluding hydrogens is 520 g/mol. The number of carbonyl (C=O) groups is 2. The molecule has 0 saturated carbocycles. The van der Waals surface area contributed by atoms with Gasteiger partial charge in [-0.05, 0) is 73.5 Å². The number of carbonyl (C=O) groups excluding carboxylic acids is 2. The van der Waals surface area contributed by atoms with Gasteiger partial charge < -0.3 is 19.6 Å². The van der Waals surface area contributed by atoms with Crippen molar-refractivity contribution in [2.45, 2.75) is 53.0 Å². The molecule has 1 fully saturated rings. The van der Waals surface area contributed by atoms with Crippen LogP contribution in [0.25, 0.3) is 0 Å². The van der Waals surface area contributed by atoms with E-state index < -0.39 is 0 Å². The van der Waals surface area contributed by atoms with Crippen LogP contribution in [0.3, 0.4) is 0 Å². The van der Waals surface area contributed by atoms with Crippen LogP contribution >= 0.6 is 0 Å². The summed E-state index contributed by atoms with van der Waals surface area (Å²) in [4.78, 5) is 36.9. The number of para-hydroxylation sites is 1. The third-order valence-electron chi connectivity index (χ3n) is 8.50. The number of nitrogens with zero attached hydrogens (tertiary/aromatic N) is 4. The highest BCUT2D eigenvalue weighted by Gasteiger charge is 2.25. The summed E-state index contributed by atoms with van der Waals surface area (Å²) in [6.45, 7) is 13.2. The summed E-state index contributed by atoms with van der Waals surface area (Å²) in [5, 5.41) is 0. The number of aryl methyl sites for hydroxylation is 1. The molecule has 222 valence electrons. The van der Waals surface area contributed by atoms with Crippen molar-refractivity contribution in [3.63, 3.8) is 0 Å². The summed E-state index contributed by atoms with van der Waals surface area (Å²) in [5.74, 6) is 0.665. The van der Waals surface area contributed by atoms with Crippen LogP contribution in [0.15, 0.2) is 72.8 Å². The molecule has 6 heteroatoms. The van der Waals surface area contributed by atoms with Crippen LogP contribution in [0, 0.1) is 12.8 Å². The molecule has 0 unspecified atom stereocenters. The monoisotopic (exact) mass is 566 g/mol. The Hall–Kier alpha value is -3.64. The van der Waals surface area contributed by atoms with Gasteiger partial charge in [0.1, 0.15) is 0 Å². The zero-order chi connectivity index (χ0) is 29.5. The molecule has 0 N–H and O–H groups in total. The topological polar surface area (TPSA) is 47.1 Å².